The van der Waals surface area contributed by atoms with Gasteiger partial charge in [0.25, 0.3) is 16.8 Å². The SMILES string of the molecule is C=C(C)C(=O)OC.C=C(C)C(=O)OC.C=C(C)C(=O)OC.CC(CC(O)(C(F)(F)F)C(F)(F)F)OC(=O)C1CCCCC1.O=C(OCCCC(O)(C(F)(F)F)C(F)(F)F)C1CCCCC1.O=C(OCCCCCCC(O)(C(F)(F)F)C(F)(F)F)C1CCCCC1. The summed E-state index contributed by atoms with van der Waals surface area (Å²) < 4.78 is 252. The molecule has 0 aromatic heterocycles. The van der Waals surface area contributed by atoms with Gasteiger partial charge in [0, 0.05) is 23.1 Å². The summed E-state index contributed by atoms with van der Waals surface area (Å²) in [7, 11) is 3.99. The number of rotatable bonds is 20. The Balaban J connectivity index is -0.00000109. The fourth-order valence-corrected chi connectivity index (χ4v) is 8.32. The second kappa shape index (κ2) is 40.6. The van der Waals surface area contributed by atoms with Crippen molar-refractivity contribution in [2.24, 2.45) is 17.8 Å². The van der Waals surface area contributed by atoms with E-state index in [1.807, 2.05) is 0 Å². The molecule has 3 N–H and O–H groups in total. The van der Waals surface area contributed by atoms with Gasteiger partial charge in [0.2, 0.25) is 0 Å². The van der Waals surface area contributed by atoms with E-state index in [1.165, 1.54) is 21.3 Å². The van der Waals surface area contributed by atoms with E-state index in [-0.39, 0.29) is 48.7 Å². The fourth-order valence-electron chi connectivity index (χ4n) is 8.32. The van der Waals surface area contributed by atoms with Gasteiger partial charge in [0.05, 0.1) is 52.3 Å². The number of alkyl halides is 18. The monoisotopic (exact) mass is 1350 g/mol. The quantitative estimate of drug-likeness (QED) is 0.0339. The molecule has 3 aliphatic carbocycles. The highest BCUT2D eigenvalue weighted by Gasteiger charge is 2.72. The lowest BCUT2D eigenvalue weighted by atomic mass is 9.89. The lowest BCUT2D eigenvalue weighted by molar-refractivity contribution is -0.373. The largest absolute Gasteiger partial charge is 0.466 e. The maximum absolute atomic E-state index is 12.5. The third-order valence-corrected chi connectivity index (χ3v) is 13.7. The van der Waals surface area contributed by atoms with Crippen molar-refractivity contribution in [3.8, 4) is 0 Å². The minimum absolute atomic E-state index is 0.0788. The van der Waals surface area contributed by atoms with E-state index in [4.69, 9.17) is 24.8 Å². The number of esters is 6. The highest BCUT2D eigenvalue weighted by Crippen LogP contribution is 2.48. The minimum atomic E-state index is -5.91. The average Bonchev–Trinajstić information content (AvgIpc) is 0.813. The molecule has 0 aliphatic heterocycles. The van der Waals surface area contributed by atoms with Gasteiger partial charge in [-0.2, -0.15) is 79.0 Å². The number of methoxy groups -OCH3 is 3. The molecule has 0 spiro atoms. The van der Waals surface area contributed by atoms with Crippen molar-refractivity contribution in [2.45, 2.75) is 235 Å². The predicted molar refractivity (Wildman–Crippen MR) is 286 cm³/mol. The van der Waals surface area contributed by atoms with Crippen LogP contribution in [0.3, 0.4) is 0 Å². The molecule has 0 saturated heterocycles. The van der Waals surface area contributed by atoms with E-state index in [1.54, 1.807) is 20.8 Å². The van der Waals surface area contributed by atoms with E-state index in [0.29, 0.717) is 55.2 Å². The van der Waals surface area contributed by atoms with E-state index in [0.717, 1.165) is 77.6 Å². The first-order valence-electron chi connectivity index (χ1n) is 28.2. The Labute approximate surface area is 510 Å². The molecule has 0 amide bonds. The highest BCUT2D eigenvalue weighted by molar-refractivity contribution is 5.87. The molecule has 0 radical (unpaired) electrons. The third-order valence-electron chi connectivity index (χ3n) is 13.7. The van der Waals surface area contributed by atoms with Crippen LogP contribution in [0.5, 0.6) is 0 Å². The molecule has 0 bridgehead atoms. The molecular formula is C57H84F18O15. The van der Waals surface area contributed by atoms with Gasteiger partial charge >= 0.3 is 72.9 Å². The fraction of sp³-hybridized carbons (Fsp3) is 0.789. The predicted octanol–water partition coefficient (Wildman–Crippen LogP) is 14.6. The first-order valence-corrected chi connectivity index (χ1v) is 28.2. The van der Waals surface area contributed by atoms with E-state index in [9.17, 15) is 108 Å². The maximum atomic E-state index is 12.5. The molecule has 3 saturated carbocycles. The standard InChI is InChI=1S/C16H24F6O3.2C13H18F6O3.3C5H8O2/c17-15(18,19)14(24,16(20,21)22)10-6-1-2-7-11-25-13(23)12-8-4-3-5-9-12;1-8(22-10(20)9-5-3-2-4-6-9)7-11(21,12(14,15)16)13(17,18)19;14-12(15,16)11(21,13(17,18)19)7-4-8-22-10(20)9-5-2-1-3-6-9;3*1-4(2)5(6)7-3/h12,24H,1-11H2;8-9,21H,2-7H2,1H3;9,21H,1-8H2;3*1H2,2-3H3. The Kier molecular flexibility index (Phi) is 40.1. The van der Waals surface area contributed by atoms with Gasteiger partial charge in [-0.1, -0.05) is 90.4 Å². The summed E-state index contributed by atoms with van der Waals surface area (Å²) in [6, 6.07) is 0. The number of hydrogen-bond acceptors (Lipinski definition) is 15. The van der Waals surface area contributed by atoms with Crippen molar-refractivity contribution < 1.29 is 152 Å². The molecule has 528 valence electrons. The van der Waals surface area contributed by atoms with Crippen LogP contribution in [0.4, 0.5) is 79.0 Å². The van der Waals surface area contributed by atoms with Crippen molar-refractivity contribution in [1.82, 2.24) is 0 Å². The molecule has 0 aromatic rings. The molecule has 15 nitrogen and oxygen atoms in total. The number of halogens is 18. The number of unbranched alkanes of at least 4 members (excludes halogenated alkanes) is 3. The summed E-state index contributed by atoms with van der Waals surface area (Å²) in [5.41, 5.74) is -13.1. The van der Waals surface area contributed by atoms with Gasteiger partial charge in [-0.3, -0.25) is 14.4 Å². The summed E-state index contributed by atoms with van der Waals surface area (Å²) in [6.45, 7) is 15.3. The second-order valence-corrected chi connectivity index (χ2v) is 21.4. The summed E-state index contributed by atoms with van der Waals surface area (Å²) >= 11 is 0. The molecule has 0 heterocycles. The van der Waals surface area contributed by atoms with Crippen molar-refractivity contribution in [3.05, 3.63) is 36.5 Å². The highest BCUT2D eigenvalue weighted by atomic mass is 19.4. The van der Waals surface area contributed by atoms with E-state index >= 15 is 0 Å². The molecular weight excluding hydrogens is 1270 g/mol. The van der Waals surface area contributed by atoms with Crippen LogP contribution in [0.25, 0.3) is 0 Å². The maximum Gasteiger partial charge on any atom is 0.426 e. The van der Waals surface area contributed by atoms with Crippen molar-refractivity contribution in [2.75, 3.05) is 34.5 Å². The molecule has 1 unspecified atom stereocenters. The van der Waals surface area contributed by atoms with Gasteiger partial charge in [0.1, 0.15) is 6.10 Å². The number of carbonyl (C=O) groups excluding carboxylic acids is 6. The Morgan fingerprint density at radius 1 is 0.389 bits per heavy atom. The molecule has 1 atom stereocenters. The van der Waals surface area contributed by atoms with Crippen LogP contribution in [0.1, 0.15) is 175 Å². The molecule has 0 aromatic carbocycles. The van der Waals surface area contributed by atoms with Gasteiger partial charge in [-0.05, 0) is 98.3 Å². The average molecular weight is 1350 g/mol. The summed E-state index contributed by atoms with van der Waals surface area (Å²) in [6.07, 6.45) is -29.8. The molecule has 3 rings (SSSR count). The van der Waals surface area contributed by atoms with Crippen LogP contribution in [-0.2, 0) is 57.2 Å². The molecule has 3 aliphatic rings. The summed E-state index contributed by atoms with van der Waals surface area (Å²) in [5.74, 6) is -3.65. The number of carbonyl (C=O) groups is 6. The smallest absolute Gasteiger partial charge is 0.426 e. The Bertz CT molecular complexity index is 2080. The zero-order valence-electron chi connectivity index (χ0n) is 51.2. The Hall–Kier alpha value is -5.34. The Morgan fingerprint density at radius 2 is 0.633 bits per heavy atom. The lowest BCUT2D eigenvalue weighted by Crippen LogP contribution is -2.58. The number of hydrogen-bond donors (Lipinski definition) is 3. The van der Waals surface area contributed by atoms with Crippen LogP contribution < -0.4 is 0 Å². The zero-order chi connectivity index (χ0) is 70.9. The Morgan fingerprint density at radius 3 is 0.878 bits per heavy atom. The third kappa shape index (κ3) is 32.3. The number of ether oxygens (including phenoxy) is 6. The van der Waals surface area contributed by atoms with Crippen molar-refractivity contribution in [3.63, 3.8) is 0 Å². The molecule has 33 heteroatoms. The first-order chi connectivity index (χ1) is 40.9. The van der Waals surface area contributed by atoms with Crippen molar-refractivity contribution >= 4 is 35.8 Å². The van der Waals surface area contributed by atoms with Crippen LogP contribution >= 0.6 is 0 Å². The zero-order valence-corrected chi connectivity index (χ0v) is 51.2. The minimum Gasteiger partial charge on any atom is -0.466 e. The van der Waals surface area contributed by atoms with E-state index < -0.39 is 117 Å². The van der Waals surface area contributed by atoms with Gasteiger partial charge < -0.3 is 43.7 Å². The first kappa shape index (κ1) is 88.9. The molecule has 90 heavy (non-hydrogen) atoms. The van der Waals surface area contributed by atoms with Crippen LogP contribution in [-0.4, -0.2) is 146 Å². The normalized spacial score (nSPS) is 16.0. The van der Waals surface area contributed by atoms with Crippen molar-refractivity contribution in [1.29, 1.82) is 0 Å². The van der Waals surface area contributed by atoms with Gasteiger partial charge in [-0.25, -0.2) is 14.4 Å². The van der Waals surface area contributed by atoms with Gasteiger partial charge in [0.15, 0.2) is 0 Å². The van der Waals surface area contributed by atoms with Crippen LogP contribution in [0.2, 0.25) is 0 Å². The lowest BCUT2D eigenvalue weighted by Gasteiger charge is -2.34. The molecule has 3 fully saturated rings. The van der Waals surface area contributed by atoms with Crippen LogP contribution in [0.15, 0.2) is 36.5 Å². The van der Waals surface area contributed by atoms with Gasteiger partial charge in [-0.15, -0.1) is 0 Å². The second-order valence-electron chi connectivity index (χ2n) is 21.4. The summed E-state index contributed by atoms with van der Waals surface area (Å²) in [5, 5.41) is 26.9. The number of aliphatic hydroxyl groups is 3. The van der Waals surface area contributed by atoms with E-state index in [2.05, 4.69) is 38.7 Å². The topological polar surface area (TPSA) is 218 Å². The summed E-state index contributed by atoms with van der Waals surface area (Å²) in [4.78, 5) is 65.6. The van der Waals surface area contributed by atoms with Crippen LogP contribution in [0, 0.1) is 17.8 Å².